The Hall–Kier alpha value is -0.900. The first-order chi connectivity index (χ1) is 3.79. The molecule has 0 aromatic carbocycles. The van der Waals surface area contributed by atoms with Gasteiger partial charge in [-0.25, -0.2) is 4.99 Å². The molecule has 0 fully saturated rings. The van der Waals surface area contributed by atoms with E-state index in [4.69, 9.17) is 11.1 Å². The molecule has 0 spiro atoms. The van der Waals surface area contributed by atoms with Crippen molar-refractivity contribution in [3.8, 4) is 0 Å². The molecule has 8 heavy (non-hydrogen) atoms. The van der Waals surface area contributed by atoms with Gasteiger partial charge in [0.15, 0.2) is 0 Å². The van der Waals surface area contributed by atoms with E-state index in [0.29, 0.717) is 24.8 Å². The number of hydrogen-bond acceptors (Lipinski definition) is 3. The summed E-state index contributed by atoms with van der Waals surface area (Å²) in [4.78, 5) is 3.70. The maximum absolute atomic E-state index is 6.99. The third-order valence-electron chi connectivity index (χ3n) is 0.877. The molecule has 1 heterocycles. The number of aliphatic imine (C=N–C) groups is 1. The van der Waals surface area contributed by atoms with Crippen molar-refractivity contribution in [1.29, 1.82) is 5.41 Å². The smallest absolute Gasteiger partial charge is 0.136 e. The number of nitrogens with two attached hydrogens (primary N) is 1. The number of hydrogen-bond donors (Lipinski definition) is 3. The van der Waals surface area contributed by atoms with Crippen molar-refractivity contribution in [3.63, 3.8) is 0 Å². The SMILES string of the molecule is N=C1CNCC(N)=N1. The third kappa shape index (κ3) is 1.04. The van der Waals surface area contributed by atoms with Crippen LogP contribution in [0.3, 0.4) is 0 Å². The highest BCUT2D eigenvalue weighted by atomic mass is 15.0. The summed E-state index contributed by atoms with van der Waals surface area (Å²) in [6, 6.07) is 0. The fraction of sp³-hybridized carbons (Fsp3) is 0.500. The van der Waals surface area contributed by atoms with E-state index >= 15 is 0 Å². The zero-order valence-electron chi connectivity index (χ0n) is 4.44. The van der Waals surface area contributed by atoms with E-state index in [1.165, 1.54) is 0 Å². The van der Waals surface area contributed by atoms with Crippen LogP contribution in [0.1, 0.15) is 0 Å². The lowest BCUT2D eigenvalue weighted by Crippen LogP contribution is -2.37. The van der Waals surface area contributed by atoms with E-state index in [1.807, 2.05) is 0 Å². The fourth-order valence-corrected chi connectivity index (χ4v) is 0.561. The molecule has 0 saturated carbocycles. The van der Waals surface area contributed by atoms with Crippen molar-refractivity contribution < 1.29 is 0 Å². The predicted octanol–water partition coefficient (Wildman–Crippen LogP) is -1.08. The summed E-state index contributed by atoms with van der Waals surface area (Å²) in [5.74, 6) is 0.815. The average molecular weight is 112 g/mol. The van der Waals surface area contributed by atoms with Crippen LogP contribution in [0.15, 0.2) is 4.99 Å². The molecule has 0 radical (unpaired) electrons. The summed E-state index contributed by atoms with van der Waals surface area (Å²) in [5.41, 5.74) is 5.27. The van der Waals surface area contributed by atoms with E-state index in [2.05, 4.69) is 10.3 Å². The maximum atomic E-state index is 6.99. The lowest BCUT2D eigenvalue weighted by molar-refractivity contribution is 0.854. The summed E-state index contributed by atoms with van der Waals surface area (Å²) in [6.07, 6.45) is 0. The Morgan fingerprint density at radius 3 is 2.75 bits per heavy atom. The zero-order valence-corrected chi connectivity index (χ0v) is 4.44. The molecule has 4 nitrogen and oxygen atoms in total. The molecule has 44 valence electrons. The Labute approximate surface area is 47.3 Å². The summed E-state index contributed by atoms with van der Waals surface area (Å²) >= 11 is 0. The van der Waals surface area contributed by atoms with E-state index in [-0.39, 0.29) is 0 Å². The first-order valence-corrected chi connectivity index (χ1v) is 2.40. The van der Waals surface area contributed by atoms with Crippen LogP contribution in [0.5, 0.6) is 0 Å². The van der Waals surface area contributed by atoms with Gasteiger partial charge in [0, 0.05) is 0 Å². The molecule has 1 rings (SSSR count). The van der Waals surface area contributed by atoms with Crippen molar-refractivity contribution >= 4 is 11.7 Å². The Morgan fingerprint density at radius 2 is 2.38 bits per heavy atom. The second-order valence-electron chi connectivity index (χ2n) is 1.65. The lowest BCUT2D eigenvalue weighted by Gasteiger charge is -2.08. The van der Waals surface area contributed by atoms with Crippen LogP contribution in [-0.2, 0) is 0 Å². The molecule has 4 N–H and O–H groups in total. The zero-order chi connectivity index (χ0) is 5.98. The minimum absolute atomic E-state index is 0.314. The van der Waals surface area contributed by atoms with Crippen molar-refractivity contribution in [2.45, 2.75) is 0 Å². The van der Waals surface area contributed by atoms with Crippen LogP contribution in [-0.4, -0.2) is 24.8 Å². The molecular formula is C4H8N4. The quantitative estimate of drug-likeness (QED) is 0.373. The fourth-order valence-electron chi connectivity index (χ4n) is 0.561. The second kappa shape index (κ2) is 1.92. The maximum Gasteiger partial charge on any atom is 0.136 e. The van der Waals surface area contributed by atoms with Gasteiger partial charge < -0.3 is 11.1 Å². The molecule has 0 unspecified atom stereocenters. The Morgan fingerprint density at radius 1 is 1.62 bits per heavy atom. The van der Waals surface area contributed by atoms with Crippen molar-refractivity contribution in [2.75, 3.05) is 13.1 Å². The third-order valence-corrected chi connectivity index (χ3v) is 0.877. The van der Waals surface area contributed by atoms with Gasteiger partial charge in [-0.15, -0.1) is 0 Å². The number of amidine groups is 2. The minimum atomic E-state index is 0.314. The molecule has 0 aliphatic carbocycles. The van der Waals surface area contributed by atoms with Gasteiger partial charge in [0.25, 0.3) is 0 Å². The Balaban J connectivity index is 2.64. The van der Waals surface area contributed by atoms with E-state index in [9.17, 15) is 0 Å². The van der Waals surface area contributed by atoms with Crippen LogP contribution >= 0.6 is 0 Å². The first-order valence-electron chi connectivity index (χ1n) is 2.40. The van der Waals surface area contributed by atoms with Crippen molar-refractivity contribution in [1.82, 2.24) is 5.32 Å². The van der Waals surface area contributed by atoms with Crippen LogP contribution in [0.4, 0.5) is 0 Å². The normalized spacial score (nSPS) is 20.5. The Bertz CT molecular complexity index is 137. The highest BCUT2D eigenvalue weighted by Crippen LogP contribution is 1.80. The van der Waals surface area contributed by atoms with E-state index in [0.717, 1.165) is 0 Å². The summed E-state index contributed by atoms with van der Waals surface area (Å²) < 4.78 is 0. The van der Waals surface area contributed by atoms with Gasteiger partial charge in [0.05, 0.1) is 13.1 Å². The van der Waals surface area contributed by atoms with Gasteiger partial charge in [-0.3, -0.25) is 5.41 Å². The molecule has 0 atom stereocenters. The molecule has 0 saturated heterocycles. The van der Waals surface area contributed by atoms with E-state index in [1.54, 1.807) is 0 Å². The molecule has 0 bridgehead atoms. The van der Waals surface area contributed by atoms with Gasteiger partial charge in [0.1, 0.15) is 11.7 Å². The highest BCUT2D eigenvalue weighted by molar-refractivity contribution is 5.98. The second-order valence-corrected chi connectivity index (χ2v) is 1.65. The van der Waals surface area contributed by atoms with Crippen LogP contribution in [0.25, 0.3) is 0 Å². The molecule has 0 amide bonds. The minimum Gasteiger partial charge on any atom is -0.386 e. The van der Waals surface area contributed by atoms with Crippen molar-refractivity contribution in [2.24, 2.45) is 10.7 Å². The van der Waals surface area contributed by atoms with Crippen LogP contribution < -0.4 is 11.1 Å². The lowest BCUT2D eigenvalue weighted by atomic mass is 10.4. The topological polar surface area (TPSA) is 74.3 Å². The molecule has 0 aromatic heterocycles. The molecule has 1 aliphatic heterocycles. The summed E-state index contributed by atoms with van der Waals surface area (Å²) in [7, 11) is 0. The van der Waals surface area contributed by atoms with Crippen LogP contribution in [0, 0.1) is 5.41 Å². The number of nitrogens with zero attached hydrogens (tertiary/aromatic N) is 1. The molecule has 0 aromatic rings. The largest absolute Gasteiger partial charge is 0.386 e. The highest BCUT2D eigenvalue weighted by Gasteiger charge is 2.02. The summed E-state index contributed by atoms with van der Waals surface area (Å²) in [6.45, 7) is 1.16. The van der Waals surface area contributed by atoms with E-state index < -0.39 is 0 Å². The number of rotatable bonds is 0. The van der Waals surface area contributed by atoms with Gasteiger partial charge >= 0.3 is 0 Å². The number of nitrogens with one attached hydrogen (secondary N) is 2. The van der Waals surface area contributed by atoms with Gasteiger partial charge in [-0.1, -0.05) is 0 Å². The molecular weight excluding hydrogens is 104 g/mol. The van der Waals surface area contributed by atoms with Crippen LogP contribution in [0.2, 0.25) is 0 Å². The monoisotopic (exact) mass is 112 g/mol. The predicted molar refractivity (Wildman–Crippen MR) is 32.2 cm³/mol. The standard InChI is InChI=1S/C4H8N4/c5-3-1-7-2-4(6)8-3/h7H,1-2H2,(H3,5,6,8). The van der Waals surface area contributed by atoms with Gasteiger partial charge in [-0.2, -0.15) is 0 Å². The Kier molecular flexibility index (Phi) is 1.26. The molecule has 4 heteroatoms. The average Bonchev–Trinajstić information content (AvgIpc) is 1.64. The molecule has 1 aliphatic rings. The van der Waals surface area contributed by atoms with Gasteiger partial charge in [0.2, 0.25) is 0 Å². The van der Waals surface area contributed by atoms with Crippen molar-refractivity contribution in [3.05, 3.63) is 0 Å². The first kappa shape index (κ1) is 5.24. The van der Waals surface area contributed by atoms with Gasteiger partial charge in [-0.05, 0) is 0 Å². The summed E-state index contributed by atoms with van der Waals surface area (Å²) in [5, 5.41) is 9.89.